The number of ether oxygens (including phenoxy) is 1. The third-order valence-electron chi connectivity index (χ3n) is 4.16. The van der Waals surface area contributed by atoms with Crippen molar-refractivity contribution >= 4 is 17.3 Å². The first-order chi connectivity index (χ1) is 10.7. The molecule has 0 bridgehead atoms. The van der Waals surface area contributed by atoms with E-state index >= 15 is 0 Å². The summed E-state index contributed by atoms with van der Waals surface area (Å²) in [5, 5.41) is 3.42. The lowest BCUT2D eigenvalue weighted by Gasteiger charge is -2.33. The average molecular weight is 317 g/mol. The zero-order valence-corrected chi connectivity index (χ0v) is 12.5. The number of fused-ring (bicyclic) bond motifs is 1. The number of rotatable bonds is 1. The summed E-state index contributed by atoms with van der Waals surface area (Å²) in [4.78, 5) is 4.75. The maximum atomic E-state index is 13.5. The molecule has 1 aromatic carbocycles. The van der Waals surface area contributed by atoms with Crippen LogP contribution in [0.4, 0.5) is 4.39 Å². The molecule has 1 N–H and O–H groups in total. The summed E-state index contributed by atoms with van der Waals surface area (Å²) in [6.45, 7) is 1.35. The molecule has 0 saturated heterocycles. The summed E-state index contributed by atoms with van der Waals surface area (Å²) in [6.07, 6.45) is 6.51. The molecular formula is C17H14ClFN2O. The topological polar surface area (TPSA) is 33.6 Å². The fourth-order valence-corrected chi connectivity index (χ4v) is 3.33. The molecule has 0 amide bonds. The summed E-state index contributed by atoms with van der Waals surface area (Å²) in [5.74, 6) is -0.392. The molecule has 0 radical (unpaired) electrons. The van der Waals surface area contributed by atoms with Crippen molar-refractivity contribution in [3.63, 3.8) is 0 Å². The van der Waals surface area contributed by atoms with Gasteiger partial charge in [-0.2, -0.15) is 0 Å². The molecule has 0 fully saturated rings. The number of benzene rings is 1. The van der Waals surface area contributed by atoms with E-state index in [-0.39, 0.29) is 10.9 Å². The molecule has 1 atom stereocenters. The molecule has 112 valence electrons. The molecule has 0 aliphatic carbocycles. The Morgan fingerprint density at radius 2 is 2.27 bits per heavy atom. The van der Waals surface area contributed by atoms with Crippen LogP contribution >= 0.6 is 11.6 Å². The monoisotopic (exact) mass is 316 g/mol. The number of nitrogens with zero attached hydrogens (tertiary/aromatic N) is 1. The maximum absolute atomic E-state index is 13.5. The Morgan fingerprint density at radius 1 is 1.36 bits per heavy atom. The normalized spacial score (nSPS) is 22.9. The van der Waals surface area contributed by atoms with Crippen LogP contribution < -0.4 is 5.32 Å². The smallest absolute Gasteiger partial charge is 0.141 e. The molecule has 1 aromatic rings. The molecule has 22 heavy (non-hydrogen) atoms. The first-order valence-corrected chi connectivity index (χ1v) is 7.59. The SMILES string of the molecule is Fc1ccc(C2C3=CNCCC3=NC3=C2C=COC3)cc1Cl. The van der Waals surface area contributed by atoms with Gasteiger partial charge in [0.05, 0.1) is 17.0 Å². The van der Waals surface area contributed by atoms with E-state index < -0.39 is 5.82 Å². The fourth-order valence-electron chi connectivity index (χ4n) is 3.14. The Balaban J connectivity index is 1.89. The quantitative estimate of drug-likeness (QED) is 0.857. The molecular weight excluding hydrogens is 303 g/mol. The Morgan fingerprint density at radius 3 is 3.14 bits per heavy atom. The predicted molar refractivity (Wildman–Crippen MR) is 84.4 cm³/mol. The molecule has 0 aromatic heterocycles. The molecule has 1 unspecified atom stereocenters. The van der Waals surface area contributed by atoms with Crippen molar-refractivity contribution in [2.45, 2.75) is 12.3 Å². The Bertz CT molecular complexity index is 764. The molecule has 0 saturated carbocycles. The molecule has 3 nitrogen and oxygen atoms in total. The van der Waals surface area contributed by atoms with Gasteiger partial charge in [-0.05, 0) is 29.3 Å². The Kier molecular flexibility index (Phi) is 3.26. The van der Waals surface area contributed by atoms with Crippen molar-refractivity contribution in [1.29, 1.82) is 0 Å². The third kappa shape index (κ3) is 2.15. The van der Waals surface area contributed by atoms with E-state index in [0.717, 1.165) is 41.1 Å². The van der Waals surface area contributed by atoms with Gasteiger partial charge in [0.1, 0.15) is 12.4 Å². The van der Waals surface area contributed by atoms with E-state index in [1.54, 1.807) is 18.4 Å². The Labute approximate surface area is 132 Å². The first-order valence-electron chi connectivity index (χ1n) is 7.21. The number of nitrogens with one attached hydrogen (secondary N) is 1. The van der Waals surface area contributed by atoms with Crippen molar-refractivity contribution in [2.24, 2.45) is 4.99 Å². The minimum Gasteiger partial charge on any atom is -0.495 e. The highest BCUT2D eigenvalue weighted by molar-refractivity contribution is 6.30. The zero-order chi connectivity index (χ0) is 15.1. The summed E-state index contributed by atoms with van der Waals surface area (Å²) < 4.78 is 18.9. The van der Waals surface area contributed by atoms with Crippen LogP contribution in [-0.4, -0.2) is 18.9 Å². The number of aliphatic imine (C=N–C) groups is 1. The summed E-state index contributed by atoms with van der Waals surface area (Å²) >= 11 is 5.98. The summed E-state index contributed by atoms with van der Waals surface area (Å²) in [5.41, 5.74) is 5.20. The highest BCUT2D eigenvalue weighted by Crippen LogP contribution is 2.42. The van der Waals surface area contributed by atoms with Gasteiger partial charge >= 0.3 is 0 Å². The first kappa shape index (κ1) is 13.6. The number of halogens is 2. The number of hydrogen-bond acceptors (Lipinski definition) is 3. The van der Waals surface area contributed by atoms with Gasteiger partial charge in [0.15, 0.2) is 0 Å². The largest absolute Gasteiger partial charge is 0.495 e. The summed E-state index contributed by atoms with van der Waals surface area (Å²) in [6, 6.07) is 4.91. The molecule has 4 rings (SSSR count). The molecule has 5 heteroatoms. The highest BCUT2D eigenvalue weighted by atomic mass is 35.5. The minimum atomic E-state index is -0.400. The van der Waals surface area contributed by atoms with Crippen LogP contribution in [0.15, 0.2) is 58.6 Å². The predicted octanol–water partition coefficient (Wildman–Crippen LogP) is 3.69. The minimum absolute atomic E-state index is 0.00792. The van der Waals surface area contributed by atoms with Crippen LogP contribution in [0.1, 0.15) is 17.9 Å². The van der Waals surface area contributed by atoms with Crippen molar-refractivity contribution in [3.8, 4) is 0 Å². The van der Waals surface area contributed by atoms with Crippen molar-refractivity contribution in [1.82, 2.24) is 5.32 Å². The third-order valence-corrected chi connectivity index (χ3v) is 4.45. The zero-order valence-electron chi connectivity index (χ0n) is 11.8. The van der Waals surface area contributed by atoms with E-state index in [2.05, 4.69) is 5.32 Å². The van der Waals surface area contributed by atoms with Crippen LogP contribution in [0, 0.1) is 5.82 Å². The average Bonchev–Trinajstić information content (AvgIpc) is 2.55. The van der Waals surface area contributed by atoms with E-state index in [4.69, 9.17) is 21.3 Å². The van der Waals surface area contributed by atoms with Gasteiger partial charge in [-0.3, -0.25) is 4.99 Å². The van der Waals surface area contributed by atoms with Crippen LogP contribution in [0.25, 0.3) is 0 Å². The van der Waals surface area contributed by atoms with Crippen LogP contribution in [0.2, 0.25) is 5.02 Å². The standard InChI is InChI=1S/C17H14ClFN2O/c18-13-7-10(1-2-14(13)19)17-11-4-6-22-9-16(11)21-15-3-5-20-8-12(15)17/h1-2,4,6-8,17,20H,3,5,9H2. The second kappa shape index (κ2) is 5.29. The van der Waals surface area contributed by atoms with Gasteiger partial charge in [-0.15, -0.1) is 0 Å². The van der Waals surface area contributed by atoms with Gasteiger partial charge in [0, 0.05) is 36.4 Å². The second-order valence-electron chi connectivity index (χ2n) is 5.48. The molecule has 0 spiro atoms. The van der Waals surface area contributed by atoms with Gasteiger partial charge < -0.3 is 10.1 Å². The molecule has 3 aliphatic heterocycles. The summed E-state index contributed by atoms with van der Waals surface area (Å²) in [7, 11) is 0. The molecule has 3 heterocycles. The maximum Gasteiger partial charge on any atom is 0.141 e. The fraction of sp³-hybridized carbons (Fsp3) is 0.235. The van der Waals surface area contributed by atoms with E-state index in [0.29, 0.717) is 6.61 Å². The van der Waals surface area contributed by atoms with Gasteiger partial charge in [0.2, 0.25) is 0 Å². The van der Waals surface area contributed by atoms with Crippen LogP contribution in [-0.2, 0) is 4.74 Å². The van der Waals surface area contributed by atoms with Gasteiger partial charge in [-0.1, -0.05) is 17.7 Å². The highest BCUT2D eigenvalue weighted by Gasteiger charge is 2.32. The van der Waals surface area contributed by atoms with E-state index in [9.17, 15) is 4.39 Å². The van der Waals surface area contributed by atoms with E-state index in [1.807, 2.05) is 12.3 Å². The second-order valence-corrected chi connectivity index (χ2v) is 5.89. The number of hydrogen-bond donors (Lipinski definition) is 1. The van der Waals surface area contributed by atoms with E-state index in [1.165, 1.54) is 6.07 Å². The van der Waals surface area contributed by atoms with Crippen molar-refractivity contribution in [2.75, 3.05) is 13.2 Å². The Hall–Kier alpha value is -2.07. The van der Waals surface area contributed by atoms with Crippen LogP contribution in [0.3, 0.4) is 0 Å². The van der Waals surface area contributed by atoms with Crippen molar-refractivity contribution in [3.05, 3.63) is 70.0 Å². The van der Waals surface area contributed by atoms with Crippen molar-refractivity contribution < 1.29 is 9.13 Å². The lowest BCUT2D eigenvalue weighted by molar-refractivity contribution is 0.271. The molecule has 3 aliphatic rings. The van der Waals surface area contributed by atoms with Crippen LogP contribution in [0.5, 0.6) is 0 Å². The number of allylic oxidation sites excluding steroid dienone is 3. The lowest BCUT2D eigenvalue weighted by atomic mass is 9.78. The van der Waals surface area contributed by atoms with Gasteiger partial charge in [0.25, 0.3) is 0 Å². The van der Waals surface area contributed by atoms with Gasteiger partial charge in [-0.25, -0.2) is 4.39 Å². The lowest BCUT2D eigenvalue weighted by Crippen LogP contribution is -2.29.